The van der Waals surface area contributed by atoms with Gasteiger partial charge in [-0.25, -0.2) is 9.50 Å². The molecule has 3 aromatic heterocycles. The lowest BCUT2D eigenvalue weighted by Crippen LogP contribution is -1.97. The normalized spacial score (nSPS) is 10.9. The average molecular weight is 314 g/mol. The number of rotatable bonds is 3. The number of pyridine rings is 1. The van der Waals surface area contributed by atoms with E-state index in [0.29, 0.717) is 5.56 Å². The molecule has 0 unspecified atom stereocenters. The van der Waals surface area contributed by atoms with E-state index in [-0.39, 0.29) is 0 Å². The Hall–Kier alpha value is -3.34. The Morgan fingerprint density at radius 3 is 2.54 bits per heavy atom. The van der Waals surface area contributed by atoms with Gasteiger partial charge in [-0.15, -0.1) is 0 Å². The Bertz CT molecular complexity index is 1030. The van der Waals surface area contributed by atoms with Crippen molar-refractivity contribution < 1.29 is 4.79 Å². The van der Waals surface area contributed by atoms with Crippen LogP contribution in [0.3, 0.4) is 0 Å². The van der Waals surface area contributed by atoms with Crippen LogP contribution in [0.15, 0.2) is 60.9 Å². The SMILES string of the molecule is Cc1cc(-c2ccc3ncc(-c4ccc(C=O)cc4)n3n2)ccn1. The lowest BCUT2D eigenvalue weighted by Gasteiger charge is -2.05. The third-order valence-corrected chi connectivity index (χ3v) is 3.90. The minimum atomic E-state index is 0.647. The van der Waals surface area contributed by atoms with E-state index >= 15 is 0 Å². The van der Waals surface area contributed by atoms with Crippen LogP contribution in [-0.2, 0) is 0 Å². The first-order chi connectivity index (χ1) is 11.7. The predicted octanol–water partition coefficient (Wildman–Crippen LogP) is 3.58. The van der Waals surface area contributed by atoms with Gasteiger partial charge in [0.15, 0.2) is 5.65 Å². The second-order valence-electron chi connectivity index (χ2n) is 5.56. The summed E-state index contributed by atoms with van der Waals surface area (Å²) in [6.07, 6.45) is 4.41. The van der Waals surface area contributed by atoms with Gasteiger partial charge in [0.05, 0.1) is 17.6 Å². The van der Waals surface area contributed by atoms with Gasteiger partial charge in [-0.2, -0.15) is 5.10 Å². The van der Waals surface area contributed by atoms with Crippen LogP contribution in [0.25, 0.3) is 28.2 Å². The molecule has 0 radical (unpaired) electrons. The van der Waals surface area contributed by atoms with Gasteiger partial charge in [-0.05, 0) is 31.2 Å². The number of fused-ring (bicyclic) bond motifs is 1. The molecule has 0 aliphatic rings. The largest absolute Gasteiger partial charge is 0.298 e. The van der Waals surface area contributed by atoms with Crippen molar-refractivity contribution >= 4 is 11.9 Å². The zero-order valence-electron chi connectivity index (χ0n) is 13.0. The minimum absolute atomic E-state index is 0.647. The molecule has 0 spiro atoms. The number of aldehydes is 1. The van der Waals surface area contributed by atoms with Gasteiger partial charge < -0.3 is 0 Å². The maximum Gasteiger partial charge on any atom is 0.154 e. The molecule has 1 aromatic carbocycles. The van der Waals surface area contributed by atoms with Crippen molar-refractivity contribution in [2.75, 3.05) is 0 Å². The highest BCUT2D eigenvalue weighted by molar-refractivity contribution is 5.76. The van der Waals surface area contributed by atoms with Gasteiger partial charge in [-0.3, -0.25) is 9.78 Å². The highest BCUT2D eigenvalue weighted by Crippen LogP contribution is 2.23. The second-order valence-corrected chi connectivity index (χ2v) is 5.56. The van der Waals surface area contributed by atoms with E-state index in [1.54, 1.807) is 24.5 Å². The summed E-state index contributed by atoms with van der Waals surface area (Å²) in [5.41, 5.74) is 6.09. The lowest BCUT2D eigenvalue weighted by molar-refractivity contribution is 0.112. The molecular weight excluding hydrogens is 300 g/mol. The van der Waals surface area contributed by atoms with E-state index in [0.717, 1.165) is 40.1 Å². The van der Waals surface area contributed by atoms with E-state index < -0.39 is 0 Å². The third-order valence-electron chi connectivity index (χ3n) is 3.90. The molecule has 0 amide bonds. The Balaban J connectivity index is 1.85. The molecular formula is C19H14N4O. The average Bonchev–Trinajstić information content (AvgIpc) is 3.05. The molecule has 5 nitrogen and oxygen atoms in total. The Labute approximate surface area is 138 Å². The molecule has 4 rings (SSSR count). The topological polar surface area (TPSA) is 60.2 Å². The fraction of sp³-hybridized carbons (Fsp3) is 0.0526. The number of imidazole rings is 1. The lowest BCUT2D eigenvalue weighted by atomic mass is 10.1. The molecule has 0 atom stereocenters. The van der Waals surface area contributed by atoms with Gasteiger partial charge >= 0.3 is 0 Å². The van der Waals surface area contributed by atoms with Crippen molar-refractivity contribution in [3.05, 3.63) is 72.2 Å². The van der Waals surface area contributed by atoms with Crippen molar-refractivity contribution in [1.82, 2.24) is 19.6 Å². The summed E-state index contributed by atoms with van der Waals surface area (Å²) in [6, 6.07) is 15.2. The monoisotopic (exact) mass is 314 g/mol. The van der Waals surface area contributed by atoms with Crippen LogP contribution < -0.4 is 0 Å². The van der Waals surface area contributed by atoms with E-state index in [4.69, 9.17) is 5.10 Å². The number of hydrogen-bond donors (Lipinski definition) is 0. The Morgan fingerprint density at radius 1 is 0.958 bits per heavy atom. The predicted molar refractivity (Wildman–Crippen MR) is 91.8 cm³/mol. The summed E-state index contributed by atoms with van der Waals surface area (Å²) >= 11 is 0. The van der Waals surface area contributed by atoms with Gasteiger partial charge in [0.2, 0.25) is 0 Å². The zero-order chi connectivity index (χ0) is 16.5. The fourth-order valence-corrected chi connectivity index (χ4v) is 2.66. The van der Waals surface area contributed by atoms with Crippen LogP contribution >= 0.6 is 0 Å². The Morgan fingerprint density at radius 2 is 1.79 bits per heavy atom. The number of aryl methyl sites for hydroxylation is 1. The van der Waals surface area contributed by atoms with E-state index in [9.17, 15) is 4.79 Å². The number of carbonyl (C=O) groups excluding carboxylic acids is 1. The molecule has 116 valence electrons. The summed E-state index contributed by atoms with van der Waals surface area (Å²) in [4.78, 5) is 19.4. The summed E-state index contributed by atoms with van der Waals surface area (Å²) < 4.78 is 1.82. The first-order valence-electron chi connectivity index (χ1n) is 7.58. The Kier molecular flexibility index (Phi) is 3.39. The van der Waals surface area contributed by atoms with Crippen LogP contribution in [-0.4, -0.2) is 25.9 Å². The van der Waals surface area contributed by atoms with Gasteiger partial charge in [0.25, 0.3) is 0 Å². The molecule has 3 heterocycles. The molecule has 0 N–H and O–H groups in total. The molecule has 0 fully saturated rings. The first-order valence-corrected chi connectivity index (χ1v) is 7.58. The molecule has 5 heteroatoms. The first kappa shape index (κ1) is 14.3. The highest BCUT2D eigenvalue weighted by atomic mass is 16.1. The van der Waals surface area contributed by atoms with Crippen molar-refractivity contribution in [2.24, 2.45) is 0 Å². The van der Waals surface area contributed by atoms with Crippen LogP contribution in [0.4, 0.5) is 0 Å². The van der Waals surface area contributed by atoms with Crippen LogP contribution in [0.1, 0.15) is 16.1 Å². The van der Waals surface area contributed by atoms with Gasteiger partial charge in [0, 0.05) is 28.6 Å². The summed E-state index contributed by atoms with van der Waals surface area (Å²) in [6.45, 7) is 1.96. The number of aromatic nitrogens is 4. The maximum absolute atomic E-state index is 10.8. The zero-order valence-corrected chi connectivity index (χ0v) is 13.0. The van der Waals surface area contributed by atoms with E-state index in [1.165, 1.54) is 0 Å². The van der Waals surface area contributed by atoms with Crippen molar-refractivity contribution in [1.29, 1.82) is 0 Å². The summed E-state index contributed by atoms with van der Waals surface area (Å²) in [5.74, 6) is 0. The standard InChI is InChI=1S/C19H14N4O/c1-13-10-16(8-9-20-13)17-6-7-19-21-11-18(23(19)22-17)15-4-2-14(12-24)3-5-15/h2-12H,1H3. The molecule has 0 aliphatic carbocycles. The quantitative estimate of drug-likeness (QED) is 0.542. The summed E-state index contributed by atoms with van der Waals surface area (Å²) in [5, 5.41) is 4.72. The molecule has 24 heavy (non-hydrogen) atoms. The third kappa shape index (κ3) is 2.46. The summed E-state index contributed by atoms with van der Waals surface area (Å²) in [7, 11) is 0. The number of hydrogen-bond acceptors (Lipinski definition) is 4. The molecule has 0 saturated heterocycles. The maximum atomic E-state index is 10.8. The second kappa shape index (κ2) is 5.70. The van der Waals surface area contributed by atoms with Gasteiger partial charge in [-0.1, -0.05) is 24.3 Å². The van der Waals surface area contributed by atoms with Crippen LogP contribution in [0.2, 0.25) is 0 Å². The minimum Gasteiger partial charge on any atom is -0.298 e. The molecule has 0 aliphatic heterocycles. The smallest absolute Gasteiger partial charge is 0.154 e. The van der Waals surface area contributed by atoms with E-state index in [1.807, 2.05) is 47.8 Å². The molecule has 0 bridgehead atoms. The number of benzene rings is 1. The number of nitrogens with zero attached hydrogens (tertiary/aromatic N) is 4. The van der Waals surface area contributed by atoms with Crippen molar-refractivity contribution in [3.63, 3.8) is 0 Å². The van der Waals surface area contributed by atoms with Gasteiger partial charge in [0.1, 0.15) is 6.29 Å². The van der Waals surface area contributed by atoms with Crippen LogP contribution in [0, 0.1) is 6.92 Å². The van der Waals surface area contributed by atoms with Crippen molar-refractivity contribution in [3.8, 4) is 22.5 Å². The van der Waals surface area contributed by atoms with Crippen molar-refractivity contribution in [2.45, 2.75) is 6.92 Å². The molecule has 4 aromatic rings. The molecule has 0 saturated carbocycles. The fourth-order valence-electron chi connectivity index (χ4n) is 2.66. The number of carbonyl (C=O) groups is 1. The van der Waals surface area contributed by atoms with Crippen LogP contribution in [0.5, 0.6) is 0 Å². The highest BCUT2D eigenvalue weighted by Gasteiger charge is 2.09. The van der Waals surface area contributed by atoms with E-state index in [2.05, 4.69) is 9.97 Å².